The van der Waals surface area contributed by atoms with Gasteiger partial charge >= 0.3 is 0 Å². The number of aliphatic hydroxyl groups excluding tert-OH is 1. The molecule has 0 spiro atoms. The maximum absolute atomic E-state index is 12.0. The molecule has 2 aromatic carbocycles. The summed E-state index contributed by atoms with van der Waals surface area (Å²) in [5, 5.41) is 12.8. The minimum absolute atomic E-state index is 0.110. The molecule has 144 valence electrons. The molecular weight excluding hydrogens is 401 g/mol. The van der Waals surface area contributed by atoms with Crippen molar-refractivity contribution in [2.75, 3.05) is 13.2 Å². The zero-order valence-corrected chi connectivity index (χ0v) is 17.3. The Morgan fingerprint density at radius 1 is 1.04 bits per heavy atom. The molecular formula is C21H23Cl2NO2S. The summed E-state index contributed by atoms with van der Waals surface area (Å²) in [6.07, 6.45) is 7.09. The van der Waals surface area contributed by atoms with E-state index in [2.05, 4.69) is 5.32 Å². The van der Waals surface area contributed by atoms with Crippen LogP contribution < -0.4 is 5.32 Å². The number of aliphatic hydroxyl groups is 1. The third-order valence-electron chi connectivity index (χ3n) is 3.83. The third-order valence-corrected chi connectivity index (χ3v) is 5.66. The van der Waals surface area contributed by atoms with Crippen molar-refractivity contribution in [1.29, 1.82) is 0 Å². The van der Waals surface area contributed by atoms with E-state index in [1.54, 1.807) is 12.1 Å². The van der Waals surface area contributed by atoms with Crippen LogP contribution in [0, 0.1) is 0 Å². The molecule has 0 aromatic heterocycles. The van der Waals surface area contributed by atoms with E-state index in [0.717, 1.165) is 41.0 Å². The van der Waals surface area contributed by atoms with Gasteiger partial charge in [0.05, 0.1) is 5.02 Å². The Labute approximate surface area is 174 Å². The van der Waals surface area contributed by atoms with Crippen molar-refractivity contribution in [2.24, 2.45) is 0 Å². The van der Waals surface area contributed by atoms with Crippen LogP contribution in [0.15, 0.2) is 58.3 Å². The molecule has 2 N–H and O–H groups in total. The molecule has 0 bridgehead atoms. The fourth-order valence-corrected chi connectivity index (χ4v) is 3.87. The SMILES string of the molecule is O=C(C=Cc1ccccc1Sc1ccc(Cl)cc1Cl)NCCCCCCO. The predicted molar refractivity (Wildman–Crippen MR) is 115 cm³/mol. The van der Waals surface area contributed by atoms with Gasteiger partial charge in [-0.2, -0.15) is 0 Å². The number of rotatable bonds is 10. The van der Waals surface area contributed by atoms with Crippen LogP contribution in [0.25, 0.3) is 6.08 Å². The molecule has 0 saturated carbocycles. The number of benzene rings is 2. The molecule has 3 nitrogen and oxygen atoms in total. The van der Waals surface area contributed by atoms with Gasteiger partial charge in [0.25, 0.3) is 0 Å². The number of carbonyl (C=O) groups excluding carboxylic acids is 1. The van der Waals surface area contributed by atoms with Crippen molar-refractivity contribution < 1.29 is 9.90 Å². The largest absolute Gasteiger partial charge is 0.396 e. The third kappa shape index (κ3) is 7.97. The van der Waals surface area contributed by atoms with E-state index in [4.69, 9.17) is 28.3 Å². The van der Waals surface area contributed by atoms with Gasteiger partial charge < -0.3 is 10.4 Å². The highest BCUT2D eigenvalue weighted by Gasteiger charge is 2.06. The van der Waals surface area contributed by atoms with E-state index in [1.807, 2.05) is 42.5 Å². The molecule has 0 fully saturated rings. The maximum atomic E-state index is 12.0. The van der Waals surface area contributed by atoms with Crippen molar-refractivity contribution in [1.82, 2.24) is 5.32 Å². The number of carbonyl (C=O) groups is 1. The second kappa shape index (κ2) is 12.1. The Morgan fingerprint density at radius 3 is 2.59 bits per heavy atom. The van der Waals surface area contributed by atoms with E-state index in [0.29, 0.717) is 16.6 Å². The van der Waals surface area contributed by atoms with Gasteiger partial charge in [-0.05, 0) is 48.7 Å². The Bertz CT molecular complexity index is 781. The molecule has 0 aliphatic rings. The quantitative estimate of drug-likeness (QED) is 0.373. The molecule has 0 aliphatic heterocycles. The van der Waals surface area contributed by atoms with Gasteiger partial charge in [0, 0.05) is 34.0 Å². The normalized spacial score (nSPS) is 11.1. The zero-order valence-electron chi connectivity index (χ0n) is 15.0. The highest BCUT2D eigenvalue weighted by molar-refractivity contribution is 7.99. The van der Waals surface area contributed by atoms with E-state index in [9.17, 15) is 4.79 Å². The van der Waals surface area contributed by atoms with Crippen molar-refractivity contribution in [3.8, 4) is 0 Å². The molecule has 2 aromatic rings. The Morgan fingerprint density at radius 2 is 1.81 bits per heavy atom. The van der Waals surface area contributed by atoms with Crippen molar-refractivity contribution >= 4 is 46.9 Å². The smallest absolute Gasteiger partial charge is 0.243 e. The number of unbranched alkanes of at least 4 members (excludes halogenated alkanes) is 3. The highest BCUT2D eigenvalue weighted by Crippen LogP contribution is 2.36. The number of amides is 1. The second-order valence-corrected chi connectivity index (χ2v) is 7.90. The summed E-state index contributed by atoms with van der Waals surface area (Å²) < 4.78 is 0. The van der Waals surface area contributed by atoms with Gasteiger partial charge in [-0.1, -0.05) is 66.0 Å². The maximum Gasteiger partial charge on any atom is 0.243 e. The van der Waals surface area contributed by atoms with Crippen LogP contribution in [-0.4, -0.2) is 24.2 Å². The lowest BCUT2D eigenvalue weighted by Gasteiger charge is -2.08. The van der Waals surface area contributed by atoms with Crippen molar-refractivity contribution in [3.05, 3.63) is 64.1 Å². The number of hydrogen-bond acceptors (Lipinski definition) is 3. The molecule has 0 radical (unpaired) electrons. The molecule has 6 heteroatoms. The highest BCUT2D eigenvalue weighted by atomic mass is 35.5. The average molecular weight is 424 g/mol. The summed E-state index contributed by atoms with van der Waals surface area (Å²) in [6.45, 7) is 0.874. The van der Waals surface area contributed by atoms with Crippen LogP contribution in [0.5, 0.6) is 0 Å². The summed E-state index contributed by atoms with van der Waals surface area (Å²) in [6, 6.07) is 13.3. The van der Waals surface area contributed by atoms with Crippen LogP contribution in [-0.2, 0) is 4.79 Å². The molecule has 0 heterocycles. The minimum atomic E-state index is -0.110. The molecule has 0 saturated heterocycles. The molecule has 27 heavy (non-hydrogen) atoms. The predicted octanol–water partition coefficient (Wildman–Crippen LogP) is 5.83. The van der Waals surface area contributed by atoms with Gasteiger partial charge in [0.15, 0.2) is 0 Å². The van der Waals surface area contributed by atoms with Gasteiger partial charge in [-0.3, -0.25) is 4.79 Å². The lowest BCUT2D eigenvalue weighted by molar-refractivity contribution is -0.116. The first kappa shape index (κ1) is 21.8. The Kier molecular flexibility index (Phi) is 9.78. The molecule has 2 rings (SSSR count). The van der Waals surface area contributed by atoms with Gasteiger partial charge in [0.2, 0.25) is 5.91 Å². The van der Waals surface area contributed by atoms with E-state index in [1.165, 1.54) is 11.8 Å². The average Bonchev–Trinajstić information content (AvgIpc) is 2.66. The molecule has 0 unspecified atom stereocenters. The van der Waals surface area contributed by atoms with Crippen LogP contribution in [0.4, 0.5) is 0 Å². The Balaban J connectivity index is 1.92. The first-order valence-electron chi connectivity index (χ1n) is 8.89. The minimum Gasteiger partial charge on any atom is -0.396 e. The van der Waals surface area contributed by atoms with Gasteiger partial charge in [-0.15, -0.1) is 0 Å². The number of halogens is 2. The first-order chi connectivity index (χ1) is 13.1. The van der Waals surface area contributed by atoms with Crippen molar-refractivity contribution in [3.63, 3.8) is 0 Å². The summed E-state index contributed by atoms with van der Waals surface area (Å²) in [4.78, 5) is 13.9. The zero-order chi connectivity index (χ0) is 19.5. The van der Waals surface area contributed by atoms with E-state index < -0.39 is 0 Å². The van der Waals surface area contributed by atoms with Crippen LogP contribution in [0.3, 0.4) is 0 Å². The summed E-state index contributed by atoms with van der Waals surface area (Å²) >= 11 is 13.7. The van der Waals surface area contributed by atoms with Crippen LogP contribution in [0.1, 0.15) is 31.2 Å². The van der Waals surface area contributed by atoms with Crippen LogP contribution >= 0.6 is 35.0 Å². The van der Waals surface area contributed by atoms with E-state index in [-0.39, 0.29) is 12.5 Å². The lowest BCUT2D eigenvalue weighted by atomic mass is 10.2. The number of hydrogen-bond donors (Lipinski definition) is 2. The summed E-state index contributed by atoms with van der Waals surface area (Å²) in [7, 11) is 0. The standard InChI is InChI=1S/C21H23Cl2NO2S/c22-17-10-11-20(18(23)15-17)27-19-8-4-3-7-16(19)9-12-21(26)24-13-5-1-2-6-14-25/h3-4,7-12,15,25H,1-2,5-6,13-14H2,(H,24,26). The fourth-order valence-electron chi connectivity index (χ4n) is 2.41. The van der Waals surface area contributed by atoms with Crippen LogP contribution in [0.2, 0.25) is 10.0 Å². The topological polar surface area (TPSA) is 49.3 Å². The lowest BCUT2D eigenvalue weighted by Crippen LogP contribution is -2.21. The first-order valence-corrected chi connectivity index (χ1v) is 10.5. The number of nitrogens with one attached hydrogen (secondary N) is 1. The fraction of sp³-hybridized carbons (Fsp3) is 0.286. The molecule has 0 atom stereocenters. The summed E-state index contributed by atoms with van der Waals surface area (Å²) in [5.41, 5.74) is 0.951. The van der Waals surface area contributed by atoms with Gasteiger partial charge in [0.1, 0.15) is 0 Å². The Hall–Kier alpha value is -1.46. The molecule has 1 amide bonds. The summed E-state index contributed by atoms with van der Waals surface area (Å²) in [5.74, 6) is -0.110. The second-order valence-electron chi connectivity index (χ2n) is 5.98. The van der Waals surface area contributed by atoms with Crippen molar-refractivity contribution in [2.45, 2.75) is 35.5 Å². The monoisotopic (exact) mass is 423 g/mol. The van der Waals surface area contributed by atoms with E-state index >= 15 is 0 Å². The van der Waals surface area contributed by atoms with Gasteiger partial charge in [-0.25, -0.2) is 0 Å². The molecule has 0 aliphatic carbocycles.